The van der Waals surface area contributed by atoms with Crippen LogP contribution in [-0.2, 0) is 0 Å². The molecule has 21 heavy (non-hydrogen) atoms. The third-order valence-corrected chi connectivity index (χ3v) is 4.51. The van der Waals surface area contributed by atoms with Crippen LogP contribution in [0.5, 0.6) is 0 Å². The summed E-state index contributed by atoms with van der Waals surface area (Å²) in [6.07, 6.45) is 3.61. The van der Waals surface area contributed by atoms with E-state index in [0.29, 0.717) is 5.92 Å². The second kappa shape index (κ2) is 5.74. The Morgan fingerprint density at radius 3 is 2.52 bits per heavy atom. The maximum absolute atomic E-state index is 14.0. The molecule has 1 fully saturated rings. The largest absolute Gasteiger partial charge is 0.320 e. The van der Waals surface area contributed by atoms with Crippen molar-refractivity contribution in [2.24, 2.45) is 5.73 Å². The average molecular weight is 308 g/mol. The standard InChI is InChI=1S/C17H16ClF2N/c18-14-9-15(19)13(8-16(14)20)17(21)12-6-2-5-11(7-12)10-3-1-4-10/h2,5-10,17H,1,3-4,21H2. The Balaban J connectivity index is 1.94. The van der Waals surface area contributed by atoms with Crippen LogP contribution in [0.2, 0.25) is 5.02 Å². The lowest BCUT2D eigenvalue weighted by atomic mass is 9.79. The van der Waals surface area contributed by atoms with E-state index in [-0.39, 0.29) is 10.6 Å². The first-order valence-corrected chi connectivity index (χ1v) is 7.44. The normalized spacial score (nSPS) is 16.6. The molecule has 2 aromatic carbocycles. The lowest BCUT2D eigenvalue weighted by Crippen LogP contribution is -2.15. The highest BCUT2D eigenvalue weighted by molar-refractivity contribution is 6.30. The first-order chi connectivity index (χ1) is 10.1. The molecule has 1 saturated carbocycles. The van der Waals surface area contributed by atoms with E-state index in [1.165, 1.54) is 24.8 Å². The maximum Gasteiger partial charge on any atom is 0.142 e. The van der Waals surface area contributed by atoms with Gasteiger partial charge in [-0.2, -0.15) is 0 Å². The summed E-state index contributed by atoms with van der Waals surface area (Å²) in [5.74, 6) is -0.662. The fourth-order valence-corrected chi connectivity index (χ4v) is 2.85. The van der Waals surface area contributed by atoms with Crippen molar-refractivity contribution >= 4 is 11.6 Å². The Labute approximate surface area is 127 Å². The molecular weight excluding hydrogens is 292 g/mol. The molecule has 3 rings (SSSR count). The van der Waals surface area contributed by atoms with Gasteiger partial charge in [0.1, 0.15) is 11.6 Å². The molecule has 0 spiro atoms. The van der Waals surface area contributed by atoms with Crippen molar-refractivity contribution in [3.63, 3.8) is 0 Å². The third-order valence-electron chi connectivity index (χ3n) is 4.22. The summed E-state index contributed by atoms with van der Waals surface area (Å²) < 4.78 is 27.5. The van der Waals surface area contributed by atoms with Gasteiger partial charge in [-0.05, 0) is 42.0 Å². The molecule has 1 atom stereocenters. The van der Waals surface area contributed by atoms with Crippen molar-refractivity contribution in [3.05, 3.63) is 69.7 Å². The van der Waals surface area contributed by atoms with Gasteiger partial charge in [0.05, 0.1) is 11.1 Å². The monoisotopic (exact) mass is 307 g/mol. The topological polar surface area (TPSA) is 26.0 Å². The van der Waals surface area contributed by atoms with E-state index in [1.807, 2.05) is 18.2 Å². The van der Waals surface area contributed by atoms with Crippen molar-refractivity contribution in [1.29, 1.82) is 0 Å². The highest BCUT2D eigenvalue weighted by Crippen LogP contribution is 2.37. The Hall–Kier alpha value is -1.45. The molecule has 1 aliphatic carbocycles. The van der Waals surface area contributed by atoms with Gasteiger partial charge < -0.3 is 5.73 Å². The van der Waals surface area contributed by atoms with E-state index in [9.17, 15) is 8.78 Å². The van der Waals surface area contributed by atoms with Gasteiger partial charge in [0, 0.05) is 5.56 Å². The second-order valence-corrected chi connectivity index (χ2v) is 5.97. The van der Waals surface area contributed by atoms with Gasteiger partial charge in [0.15, 0.2) is 0 Å². The van der Waals surface area contributed by atoms with Gasteiger partial charge in [-0.25, -0.2) is 8.78 Å². The summed E-state index contributed by atoms with van der Waals surface area (Å²) in [5.41, 5.74) is 8.26. The van der Waals surface area contributed by atoms with Crippen LogP contribution in [0.4, 0.5) is 8.78 Å². The lowest BCUT2D eigenvalue weighted by molar-refractivity contribution is 0.419. The van der Waals surface area contributed by atoms with Crippen LogP contribution in [0.15, 0.2) is 36.4 Å². The summed E-state index contributed by atoms with van der Waals surface area (Å²) in [4.78, 5) is 0. The minimum Gasteiger partial charge on any atom is -0.320 e. The van der Waals surface area contributed by atoms with Crippen LogP contribution in [0.3, 0.4) is 0 Å². The molecule has 0 aromatic heterocycles. The molecule has 2 aromatic rings. The van der Waals surface area contributed by atoms with Crippen molar-refractivity contribution in [1.82, 2.24) is 0 Å². The van der Waals surface area contributed by atoms with Crippen LogP contribution in [0.25, 0.3) is 0 Å². The van der Waals surface area contributed by atoms with Crippen LogP contribution >= 0.6 is 11.6 Å². The maximum atomic E-state index is 14.0. The zero-order valence-electron chi connectivity index (χ0n) is 11.5. The fourth-order valence-electron chi connectivity index (χ4n) is 2.70. The van der Waals surface area contributed by atoms with Crippen LogP contribution in [0.1, 0.15) is 47.9 Å². The Kier molecular flexibility index (Phi) is 3.96. The molecule has 0 bridgehead atoms. The molecule has 1 aliphatic rings. The molecular formula is C17H16ClF2N. The van der Waals surface area contributed by atoms with Crippen LogP contribution < -0.4 is 5.73 Å². The summed E-state index contributed by atoms with van der Waals surface area (Å²) in [6, 6.07) is 9.20. The molecule has 0 amide bonds. The van der Waals surface area contributed by atoms with E-state index in [0.717, 1.165) is 17.7 Å². The van der Waals surface area contributed by atoms with Crippen molar-refractivity contribution in [2.45, 2.75) is 31.2 Å². The number of halogens is 3. The van der Waals surface area contributed by atoms with E-state index in [1.54, 1.807) is 0 Å². The van der Waals surface area contributed by atoms with Gasteiger partial charge in [0.2, 0.25) is 0 Å². The predicted molar refractivity (Wildman–Crippen MR) is 80.4 cm³/mol. The molecule has 1 unspecified atom stereocenters. The summed E-state index contributed by atoms with van der Waals surface area (Å²) in [5, 5.41) is -0.230. The first kappa shape index (κ1) is 14.5. The minimum atomic E-state index is -0.697. The molecule has 4 heteroatoms. The number of hydrogen-bond acceptors (Lipinski definition) is 1. The zero-order valence-corrected chi connectivity index (χ0v) is 12.2. The Morgan fingerprint density at radius 2 is 1.86 bits per heavy atom. The third kappa shape index (κ3) is 2.81. The summed E-state index contributed by atoms with van der Waals surface area (Å²) >= 11 is 5.57. The molecule has 0 radical (unpaired) electrons. The molecule has 2 N–H and O–H groups in total. The van der Waals surface area contributed by atoms with Crippen molar-refractivity contribution in [2.75, 3.05) is 0 Å². The molecule has 110 valence electrons. The second-order valence-electron chi connectivity index (χ2n) is 5.56. The summed E-state index contributed by atoms with van der Waals surface area (Å²) in [7, 11) is 0. The Morgan fingerprint density at radius 1 is 1.10 bits per heavy atom. The SMILES string of the molecule is NC(c1cccc(C2CCC2)c1)c1cc(F)c(Cl)cc1F. The zero-order chi connectivity index (χ0) is 15.0. The highest BCUT2D eigenvalue weighted by atomic mass is 35.5. The van der Waals surface area contributed by atoms with Gasteiger partial charge in [-0.3, -0.25) is 0 Å². The number of benzene rings is 2. The molecule has 1 nitrogen and oxygen atoms in total. The fraction of sp³-hybridized carbons (Fsp3) is 0.294. The van der Waals surface area contributed by atoms with E-state index >= 15 is 0 Å². The van der Waals surface area contributed by atoms with E-state index in [4.69, 9.17) is 17.3 Å². The highest BCUT2D eigenvalue weighted by Gasteiger charge is 2.21. The number of nitrogens with two attached hydrogens (primary N) is 1. The Bertz CT molecular complexity index is 668. The molecule has 0 aliphatic heterocycles. The smallest absolute Gasteiger partial charge is 0.142 e. The van der Waals surface area contributed by atoms with Crippen LogP contribution in [-0.4, -0.2) is 0 Å². The summed E-state index contributed by atoms with van der Waals surface area (Å²) in [6.45, 7) is 0. The van der Waals surface area contributed by atoms with Gasteiger partial charge in [-0.15, -0.1) is 0 Å². The minimum absolute atomic E-state index is 0.127. The van der Waals surface area contributed by atoms with Crippen molar-refractivity contribution < 1.29 is 8.78 Å². The predicted octanol–water partition coefficient (Wildman–Crippen LogP) is 4.93. The lowest BCUT2D eigenvalue weighted by Gasteiger charge is -2.26. The van der Waals surface area contributed by atoms with E-state index in [2.05, 4.69) is 6.07 Å². The first-order valence-electron chi connectivity index (χ1n) is 7.06. The molecule has 0 heterocycles. The van der Waals surface area contributed by atoms with Gasteiger partial charge >= 0.3 is 0 Å². The quantitative estimate of drug-likeness (QED) is 0.799. The van der Waals surface area contributed by atoms with E-state index < -0.39 is 17.7 Å². The molecule has 0 saturated heterocycles. The van der Waals surface area contributed by atoms with Crippen LogP contribution in [0, 0.1) is 11.6 Å². The van der Waals surface area contributed by atoms with Crippen molar-refractivity contribution in [3.8, 4) is 0 Å². The van der Waals surface area contributed by atoms with Gasteiger partial charge in [-0.1, -0.05) is 42.3 Å². The number of rotatable bonds is 3. The van der Waals surface area contributed by atoms with Gasteiger partial charge in [0.25, 0.3) is 0 Å². The average Bonchev–Trinajstić information content (AvgIpc) is 2.40. The number of hydrogen-bond donors (Lipinski definition) is 1.